The molecule has 0 unspecified atom stereocenters. The second-order valence-electron chi connectivity index (χ2n) is 5.19. The fourth-order valence-electron chi connectivity index (χ4n) is 2.15. The Labute approximate surface area is 149 Å². The molecule has 0 aliphatic carbocycles. The molecule has 1 amide bonds. The van der Waals surface area contributed by atoms with Crippen LogP contribution in [0.25, 0.3) is 0 Å². The number of carbonyl (C=O) groups excluding carboxylic acids is 1. The number of nitrogens with one attached hydrogen (secondary N) is 2. The Morgan fingerprint density at radius 2 is 1.46 bits per heavy atom. The first-order chi connectivity index (χ1) is 11.9. The Morgan fingerprint density at radius 3 is 1.92 bits per heavy atom. The van der Waals surface area contributed by atoms with Gasteiger partial charge in [-0.3, -0.25) is 4.79 Å². The lowest BCUT2D eigenvalue weighted by molar-refractivity contribution is -0.143. The van der Waals surface area contributed by atoms with Crippen molar-refractivity contribution in [3.05, 3.63) is 58.1 Å². The molecule has 2 aromatic rings. The molecule has 0 bridgehead atoms. The van der Waals surface area contributed by atoms with Gasteiger partial charge in [0.05, 0.1) is 16.7 Å². The van der Waals surface area contributed by atoms with Crippen LogP contribution >= 0.6 is 11.6 Å². The van der Waals surface area contributed by atoms with Crippen molar-refractivity contribution in [2.75, 3.05) is 17.7 Å². The SMILES string of the molecule is CNc1ccc(Cl)cc1C(=O)Nc1cc(C(F)(F)F)cc(C(F)(F)F)c1. The van der Waals surface area contributed by atoms with E-state index in [0.29, 0.717) is 17.8 Å². The monoisotopic (exact) mass is 396 g/mol. The summed E-state index contributed by atoms with van der Waals surface area (Å²) in [6.45, 7) is 0. The molecule has 140 valence electrons. The van der Waals surface area contributed by atoms with E-state index in [9.17, 15) is 31.1 Å². The predicted molar refractivity (Wildman–Crippen MR) is 85.4 cm³/mol. The van der Waals surface area contributed by atoms with Crippen LogP contribution in [0.15, 0.2) is 36.4 Å². The maximum Gasteiger partial charge on any atom is 0.416 e. The van der Waals surface area contributed by atoms with Gasteiger partial charge in [-0.05, 0) is 36.4 Å². The van der Waals surface area contributed by atoms with Crippen LogP contribution in [0.4, 0.5) is 37.7 Å². The molecule has 0 saturated heterocycles. The summed E-state index contributed by atoms with van der Waals surface area (Å²) in [6, 6.07) is 4.99. The molecule has 3 nitrogen and oxygen atoms in total. The van der Waals surface area contributed by atoms with Gasteiger partial charge in [-0.2, -0.15) is 26.3 Å². The molecule has 0 spiro atoms. The number of anilines is 2. The third-order valence-corrected chi connectivity index (χ3v) is 3.58. The highest BCUT2D eigenvalue weighted by atomic mass is 35.5. The minimum Gasteiger partial charge on any atom is -0.387 e. The van der Waals surface area contributed by atoms with E-state index < -0.39 is 35.1 Å². The molecule has 0 radical (unpaired) electrons. The van der Waals surface area contributed by atoms with E-state index in [1.807, 2.05) is 5.32 Å². The zero-order valence-electron chi connectivity index (χ0n) is 13.0. The number of amides is 1. The van der Waals surface area contributed by atoms with E-state index in [1.165, 1.54) is 25.2 Å². The third-order valence-electron chi connectivity index (χ3n) is 3.34. The molecule has 10 heteroatoms. The average Bonchev–Trinajstić information content (AvgIpc) is 2.52. The molecule has 0 atom stereocenters. The number of hydrogen-bond acceptors (Lipinski definition) is 2. The van der Waals surface area contributed by atoms with Gasteiger partial charge in [0, 0.05) is 23.4 Å². The van der Waals surface area contributed by atoms with Gasteiger partial charge < -0.3 is 10.6 Å². The lowest BCUT2D eigenvalue weighted by Crippen LogP contribution is -2.17. The van der Waals surface area contributed by atoms with Crippen molar-refractivity contribution in [3.8, 4) is 0 Å². The van der Waals surface area contributed by atoms with Gasteiger partial charge >= 0.3 is 12.4 Å². The molecule has 0 saturated carbocycles. The van der Waals surface area contributed by atoms with Crippen LogP contribution in [0.3, 0.4) is 0 Å². The average molecular weight is 397 g/mol. The van der Waals surface area contributed by atoms with Crippen LogP contribution in [0.1, 0.15) is 21.5 Å². The summed E-state index contributed by atoms with van der Waals surface area (Å²) in [4.78, 5) is 12.3. The molecule has 0 aliphatic rings. The van der Waals surface area contributed by atoms with E-state index in [4.69, 9.17) is 11.6 Å². The minimum absolute atomic E-state index is 0.0198. The van der Waals surface area contributed by atoms with Gasteiger partial charge in [-0.1, -0.05) is 11.6 Å². The van der Waals surface area contributed by atoms with Gasteiger partial charge in [-0.25, -0.2) is 0 Å². The van der Waals surface area contributed by atoms with Crippen LogP contribution < -0.4 is 10.6 Å². The first-order valence-electron chi connectivity index (χ1n) is 7.00. The first-order valence-corrected chi connectivity index (χ1v) is 7.38. The number of alkyl halides is 6. The van der Waals surface area contributed by atoms with Gasteiger partial charge in [-0.15, -0.1) is 0 Å². The first kappa shape index (κ1) is 19.9. The number of hydrogen-bond donors (Lipinski definition) is 2. The molecule has 0 heterocycles. The smallest absolute Gasteiger partial charge is 0.387 e. The number of benzene rings is 2. The quantitative estimate of drug-likeness (QED) is 0.656. The summed E-state index contributed by atoms with van der Waals surface area (Å²) in [6.07, 6.45) is -10.0. The number of carbonyl (C=O) groups is 1. The van der Waals surface area contributed by atoms with Crippen LogP contribution in [0, 0.1) is 0 Å². The van der Waals surface area contributed by atoms with Crippen molar-refractivity contribution in [1.29, 1.82) is 0 Å². The Bertz CT molecular complexity index is 800. The predicted octanol–water partition coefficient (Wildman–Crippen LogP) is 5.67. The van der Waals surface area contributed by atoms with E-state index in [-0.39, 0.29) is 16.7 Å². The summed E-state index contributed by atoms with van der Waals surface area (Å²) in [5, 5.41) is 4.90. The zero-order chi connectivity index (χ0) is 19.7. The maximum absolute atomic E-state index is 12.9. The van der Waals surface area contributed by atoms with E-state index in [2.05, 4.69) is 5.32 Å². The highest BCUT2D eigenvalue weighted by molar-refractivity contribution is 6.31. The summed E-state index contributed by atoms with van der Waals surface area (Å²) in [5.74, 6) is -0.913. The molecular formula is C16H11ClF6N2O. The zero-order valence-corrected chi connectivity index (χ0v) is 13.8. The molecule has 0 fully saturated rings. The highest BCUT2D eigenvalue weighted by Crippen LogP contribution is 2.37. The van der Waals surface area contributed by atoms with Crippen molar-refractivity contribution in [2.24, 2.45) is 0 Å². The minimum atomic E-state index is -5.01. The van der Waals surface area contributed by atoms with Gasteiger partial charge in [0.1, 0.15) is 0 Å². The number of rotatable bonds is 3. The largest absolute Gasteiger partial charge is 0.416 e. The number of halogens is 7. The van der Waals surface area contributed by atoms with Crippen molar-refractivity contribution >= 4 is 28.9 Å². The normalized spacial score (nSPS) is 12.0. The lowest BCUT2D eigenvalue weighted by Gasteiger charge is -2.15. The molecule has 2 aromatic carbocycles. The Morgan fingerprint density at radius 1 is 0.923 bits per heavy atom. The van der Waals surface area contributed by atoms with E-state index >= 15 is 0 Å². The Balaban J connectivity index is 2.46. The van der Waals surface area contributed by atoms with E-state index in [0.717, 1.165) is 0 Å². The standard InChI is InChI=1S/C16H11ClF6N2O/c1-24-13-3-2-10(17)7-12(13)14(26)25-11-5-8(15(18,19)20)4-9(6-11)16(21,22)23/h2-7,24H,1H3,(H,25,26). The van der Waals surface area contributed by atoms with Gasteiger partial charge in [0.2, 0.25) is 0 Å². The van der Waals surface area contributed by atoms with Crippen molar-refractivity contribution in [1.82, 2.24) is 0 Å². The van der Waals surface area contributed by atoms with Gasteiger partial charge in [0.15, 0.2) is 0 Å². The summed E-state index contributed by atoms with van der Waals surface area (Å²) in [5.41, 5.74) is -3.43. The van der Waals surface area contributed by atoms with E-state index in [1.54, 1.807) is 0 Å². The molecule has 0 aromatic heterocycles. The van der Waals surface area contributed by atoms with Crippen molar-refractivity contribution in [2.45, 2.75) is 12.4 Å². The molecule has 2 rings (SSSR count). The molecular weight excluding hydrogens is 386 g/mol. The second kappa shape index (κ2) is 7.06. The van der Waals surface area contributed by atoms with Crippen molar-refractivity contribution in [3.63, 3.8) is 0 Å². The second-order valence-corrected chi connectivity index (χ2v) is 5.63. The third kappa shape index (κ3) is 4.60. The maximum atomic E-state index is 12.9. The van der Waals surface area contributed by atoms with Crippen LogP contribution in [-0.2, 0) is 12.4 Å². The molecule has 0 aliphatic heterocycles. The van der Waals surface area contributed by atoms with Crippen molar-refractivity contribution < 1.29 is 31.1 Å². The van der Waals surface area contributed by atoms with Crippen LogP contribution in [0.5, 0.6) is 0 Å². The Hall–Kier alpha value is -2.42. The summed E-state index contributed by atoms with van der Waals surface area (Å²) >= 11 is 5.79. The highest BCUT2D eigenvalue weighted by Gasteiger charge is 2.37. The Kier molecular flexibility index (Phi) is 5.41. The van der Waals surface area contributed by atoms with Gasteiger partial charge in [0.25, 0.3) is 5.91 Å². The molecule has 26 heavy (non-hydrogen) atoms. The fourth-order valence-corrected chi connectivity index (χ4v) is 2.32. The lowest BCUT2D eigenvalue weighted by atomic mass is 10.1. The summed E-state index contributed by atoms with van der Waals surface area (Å²) in [7, 11) is 1.49. The topological polar surface area (TPSA) is 41.1 Å². The van der Waals surface area contributed by atoms with Crippen LogP contribution in [0.2, 0.25) is 5.02 Å². The molecule has 2 N–H and O–H groups in total. The van der Waals surface area contributed by atoms with Crippen LogP contribution in [-0.4, -0.2) is 13.0 Å². The fraction of sp³-hybridized carbons (Fsp3) is 0.188. The summed E-state index contributed by atoms with van der Waals surface area (Å²) < 4.78 is 77.2.